The average molecular weight is 1100 g/mol. The summed E-state index contributed by atoms with van der Waals surface area (Å²) >= 11 is 0. The molecule has 1 aliphatic carbocycles. The Bertz CT molecular complexity index is 2700. The summed E-state index contributed by atoms with van der Waals surface area (Å²) in [4.78, 5) is 55.4. The van der Waals surface area contributed by atoms with Gasteiger partial charge in [-0.05, 0) is 58.0 Å². The molecule has 4 amide bonds. The number of nitrogens with zero attached hydrogens (tertiary/aromatic N) is 5. The number of benzene rings is 3. The molecule has 0 atom stereocenters. The van der Waals surface area contributed by atoms with E-state index in [1.54, 1.807) is 21.9 Å². The van der Waals surface area contributed by atoms with E-state index < -0.39 is 29.9 Å². The van der Waals surface area contributed by atoms with Crippen molar-refractivity contribution in [3.63, 3.8) is 0 Å². The van der Waals surface area contributed by atoms with E-state index in [1.807, 2.05) is 52.0 Å². The largest absolute Gasteiger partial charge is 0.744 e. The predicted octanol–water partition coefficient (Wildman–Crippen LogP) is -0.778. The SMILES string of the molecule is CCN(CC)c1ccc2c(-c3ccc(S(=O)(=O)N(CCN(CCC(=O)NCCN)CCC(=O)NCCN)CCN(CCC(=O)NCCN)CCC(=O)NCCN)cc3S(=O)(=O)[O-])c3ccc(=[N+](CC)CC)cc-3oc2c1. The number of fused-ring (bicyclic) bond motifs is 2. The Morgan fingerprint density at radius 3 is 1.46 bits per heavy atom. The van der Waals surface area contributed by atoms with Crippen molar-refractivity contribution in [1.82, 2.24) is 39.9 Å². The molecule has 422 valence electrons. The third-order valence-corrected chi connectivity index (χ3v) is 15.7. The molecular weight excluding hydrogens is 1020 g/mol. The highest BCUT2D eigenvalue weighted by atomic mass is 32.2. The van der Waals surface area contributed by atoms with E-state index in [4.69, 9.17) is 27.4 Å². The summed E-state index contributed by atoms with van der Waals surface area (Å²) in [5.74, 6) is -0.801. The summed E-state index contributed by atoms with van der Waals surface area (Å²) in [7, 11) is -10.1. The first-order chi connectivity index (χ1) is 36.4. The van der Waals surface area contributed by atoms with Crippen molar-refractivity contribution in [3.8, 4) is 22.5 Å². The summed E-state index contributed by atoms with van der Waals surface area (Å²) in [6.45, 7) is 12.8. The van der Waals surface area contributed by atoms with Crippen LogP contribution < -0.4 is 59.0 Å². The Morgan fingerprint density at radius 1 is 0.579 bits per heavy atom. The van der Waals surface area contributed by atoms with Gasteiger partial charge in [0.05, 0.1) is 15.9 Å². The molecule has 0 unspecified atom stereocenters. The number of sulfonamides is 1. The molecule has 4 rings (SSSR count). The first kappa shape index (κ1) is 62.9. The molecule has 76 heavy (non-hydrogen) atoms. The van der Waals surface area contributed by atoms with Crippen LogP contribution in [-0.4, -0.2) is 190 Å². The number of anilines is 1. The molecule has 23 nitrogen and oxygen atoms in total. The van der Waals surface area contributed by atoms with E-state index in [1.165, 1.54) is 12.1 Å². The van der Waals surface area contributed by atoms with Gasteiger partial charge in [0.1, 0.15) is 34.6 Å². The van der Waals surface area contributed by atoms with Crippen LogP contribution >= 0.6 is 0 Å². The lowest BCUT2D eigenvalue weighted by Gasteiger charge is -2.30. The maximum atomic E-state index is 15.2. The van der Waals surface area contributed by atoms with E-state index >= 15 is 8.42 Å². The van der Waals surface area contributed by atoms with Gasteiger partial charge in [-0.1, -0.05) is 6.07 Å². The Kier molecular flexibility index (Phi) is 26.1. The van der Waals surface area contributed by atoms with Crippen LogP contribution in [0.3, 0.4) is 0 Å². The minimum absolute atomic E-state index is 0.000742. The lowest BCUT2D eigenvalue weighted by atomic mass is 9.93. The molecule has 0 fully saturated rings. The first-order valence-electron chi connectivity index (χ1n) is 26.1. The fourth-order valence-corrected chi connectivity index (χ4v) is 11.0. The molecule has 1 aliphatic heterocycles. The molecule has 0 aromatic heterocycles. The fourth-order valence-electron chi connectivity index (χ4n) is 8.72. The molecule has 0 radical (unpaired) electrons. The Morgan fingerprint density at radius 2 is 1.04 bits per heavy atom. The number of carbonyl (C=O) groups is 4. The molecule has 0 saturated carbocycles. The number of nitrogens with one attached hydrogen (secondary N) is 4. The molecule has 0 saturated heterocycles. The van der Waals surface area contributed by atoms with Gasteiger partial charge in [0.2, 0.25) is 39.0 Å². The van der Waals surface area contributed by atoms with E-state index in [2.05, 4.69) is 30.7 Å². The van der Waals surface area contributed by atoms with Crippen LogP contribution in [0.1, 0.15) is 53.4 Å². The van der Waals surface area contributed by atoms with Crippen LogP contribution in [0.5, 0.6) is 0 Å². The molecule has 2 aromatic rings. The first-order valence-corrected chi connectivity index (χ1v) is 29.0. The molecule has 25 heteroatoms. The topological polar surface area (TPSA) is 341 Å². The third-order valence-electron chi connectivity index (χ3n) is 12.9. The molecular formula is C51H81N13O10S2. The fraction of sp³-hybridized carbons (Fsp3) is 0.549. The lowest BCUT2D eigenvalue weighted by molar-refractivity contribution is -0.123. The van der Waals surface area contributed by atoms with Gasteiger partial charge in [-0.2, -0.15) is 4.31 Å². The van der Waals surface area contributed by atoms with Gasteiger partial charge < -0.3 is 67.9 Å². The highest BCUT2D eigenvalue weighted by Gasteiger charge is 2.30. The van der Waals surface area contributed by atoms with Crippen LogP contribution in [0.2, 0.25) is 0 Å². The zero-order valence-corrected chi connectivity index (χ0v) is 46.2. The van der Waals surface area contributed by atoms with Crippen molar-refractivity contribution >= 4 is 60.4 Å². The van der Waals surface area contributed by atoms with Gasteiger partial charge in [-0.15, -0.1) is 0 Å². The van der Waals surface area contributed by atoms with Crippen molar-refractivity contribution in [2.45, 2.75) is 63.2 Å². The lowest BCUT2D eigenvalue weighted by Crippen LogP contribution is -2.45. The van der Waals surface area contributed by atoms with Gasteiger partial charge in [-0.3, -0.25) is 19.2 Å². The van der Waals surface area contributed by atoms with Crippen molar-refractivity contribution in [2.24, 2.45) is 22.9 Å². The second-order valence-electron chi connectivity index (χ2n) is 17.9. The average Bonchev–Trinajstić information content (AvgIpc) is 3.40. The van der Waals surface area contributed by atoms with Crippen LogP contribution in [-0.2, 0) is 39.3 Å². The second-order valence-corrected chi connectivity index (χ2v) is 21.2. The molecule has 1 heterocycles. The van der Waals surface area contributed by atoms with E-state index in [-0.39, 0.29) is 160 Å². The zero-order valence-electron chi connectivity index (χ0n) is 44.6. The third kappa shape index (κ3) is 18.6. The number of amides is 4. The van der Waals surface area contributed by atoms with Crippen molar-refractivity contribution in [1.29, 1.82) is 0 Å². The summed E-state index contributed by atoms with van der Waals surface area (Å²) in [6, 6.07) is 14.6. The normalized spacial score (nSPS) is 11.9. The maximum absolute atomic E-state index is 15.2. The molecule has 0 bridgehead atoms. The number of rotatable bonds is 35. The van der Waals surface area contributed by atoms with Crippen molar-refractivity contribution in [2.75, 3.05) is 136 Å². The van der Waals surface area contributed by atoms with Crippen molar-refractivity contribution < 1.29 is 45.0 Å². The van der Waals surface area contributed by atoms with Gasteiger partial charge in [0.15, 0.2) is 0 Å². The summed E-state index contributed by atoms with van der Waals surface area (Å²) in [5, 5.41) is 12.2. The van der Waals surface area contributed by atoms with Crippen LogP contribution in [0.4, 0.5) is 5.69 Å². The smallest absolute Gasteiger partial charge is 0.243 e. The van der Waals surface area contributed by atoms with Crippen LogP contribution in [0.25, 0.3) is 33.4 Å². The van der Waals surface area contributed by atoms with Crippen LogP contribution in [0, 0.1) is 0 Å². The summed E-state index contributed by atoms with van der Waals surface area (Å²) in [5.41, 5.74) is 24.4. The predicted molar refractivity (Wildman–Crippen MR) is 295 cm³/mol. The summed E-state index contributed by atoms with van der Waals surface area (Å²) in [6.07, 6.45) is -0.00297. The van der Waals surface area contributed by atoms with E-state index in [9.17, 15) is 32.1 Å². The highest BCUT2D eigenvalue weighted by molar-refractivity contribution is 7.89. The van der Waals surface area contributed by atoms with Gasteiger partial charge >= 0.3 is 0 Å². The van der Waals surface area contributed by atoms with Crippen molar-refractivity contribution in [3.05, 3.63) is 60.0 Å². The maximum Gasteiger partial charge on any atom is 0.243 e. The standard InChI is InChI=1S/C51H81N13O10S2/c1-5-62(6-2)38-9-12-41-44(35-38)74-45-36-39(63(7-3)8-4)10-13-42(45)51(41)43-14-11-40(37-46(43)76(71,72)73)75(69,70)64(33-31-60(27-15-47(65)56-23-19-52)28-16-48(66)57-24-20-53)34-32-61(29-17-49(67)58-25-21-54)30-18-50(68)59-26-22-55/h9-14,35-37H,5-8,15-34,52-55H2,1-4H3,(H4-,56,57,58,59,65,66,67,68,71,72,73). The minimum Gasteiger partial charge on any atom is -0.744 e. The second kappa shape index (κ2) is 31.6. The Labute approximate surface area is 447 Å². The molecule has 2 aromatic carbocycles. The van der Waals surface area contributed by atoms with Gasteiger partial charge in [-0.25, -0.2) is 21.4 Å². The quantitative estimate of drug-likeness (QED) is 0.0159. The number of hydrogen-bond acceptors (Lipinski definition) is 17. The Balaban J connectivity index is 1.91. The monoisotopic (exact) mass is 1100 g/mol. The van der Waals surface area contributed by atoms with E-state index in [0.717, 1.165) is 21.4 Å². The molecule has 12 N–H and O–H groups in total. The summed E-state index contributed by atoms with van der Waals surface area (Å²) < 4.78 is 81.2. The highest BCUT2D eigenvalue weighted by Crippen LogP contribution is 2.43. The zero-order chi connectivity index (χ0) is 55.8. The number of nitrogens with two attached hydrogens (primary N) is 4. The van der Waals surface area contributed by atoms with E-state index in [0.29, 0.717) is 54.0 Å². The van der Waals surface area contributed by atoms with Crippen LogP contribution in [0.15, 0.2) is 68.8 Å². The number of carbonyl (C=O) groups excluding carboxylic acids is 4. The minimum atomic E-state index is -5.41. The Hall–Kier alpha value is -5.61. The molecule has 2 aliphatic rings. The van der Waals surface area contributed by atoms with Gasteiger partial charge in [0.25, 0.3) is 0 Å². The molecule has 0 spiro atoms. The number of hydrogen-bond donors (Lipinski definition) is 8. The van der Waals surface area contributed by atoms with Gasteiger partial charge in [0, 0.05) is 183 Å².